The Labute approximate surface area is 210 Å². The molecule has 2 unspecified atom stereocenters. The summed E-state index contributed by atoms with van der Waals surface area (Å²) in [5.41, 5.74) is 2.64. The quantitative estimate of drug-likeness (QED) is 0.176. The van der Waals surface area contributed by atoms with Gasteiger partial charge in [0.1, 0.15) is 11.5 Å². The molecule has 5 heteroatoms. The minimum atomic E-state index is -1.08. The number of carbonyl (C=O) groups excluding carboxylic acids is 2. The molecule has 1 fully saturated rings. The second-order valence-electron chi connectivity index (χ2n) is 10.0. The van der Waals surface area contributed by atoms with Crippen LogP contribution in [0.3, 0.4) is 0 Å². The summed E-state index contributed by atoms with van der Waals surface area (Å²) in [7, 11) is 0. The molecular weight excluding hydrogens is 440 g/mol. The molecule has 0 amide bonds. The van der Waals surface area contributed by atoms with Crippen molar-refractivity contribution in [3.63, 3.8) is 0 Å². The number of unbranched alkanes of at least 4 members (excludes halogenated alkanes) is 3. The van der Waals surface area contributed by atoms with Crippen LogP contribution >= 0.6 is 0 Å². The average molecular weight is 481 g/mol. The van der Waals surface area contributed by atoms with Crippen LogP contribution in [0, 0.1) is 19.8 Å². The molecule has 0 bridgehead atoms. The molecule has 2 atom stereocenters. The number of para-hydroxylation sites is 1. The van der Waals surface area contributed by atoms with Gasteiger partial charge in [-0.05, 0) is 82.2 Å². The van der Waals surface area contributed by atoms with Gasteiger partial charge in [-0.25, -0.2) is 4.79 Å². The van der Waals surface area contributed by atoms with Crippen molar-refractivity contribution < 1.29 is 23.8 Å². The van der Waals surface area contributed by atoms with Crippen LogP contribution in [-0.4, -0.2) is 30.6 Å². The van der Waals surface area contributed by atoms with Crippen LogP contribution in [0.15, 0.2) is 36.4 Å². The summed E-state index contributed by atoms with van der Waals surface area (Å²) < 4.78 is 17.2. The first-order valence-corrected chi connectivity index (χ1v) is 12.9. The van der Waals surface area contributed by atoms with Crippen LogP contribution in [-0.2, 0) is 9.53 Å². The molecule has 0 heterocycles. The summed E-state index contributed by atoms with van der Waals surface area (Å²) in [5, 5.41) is 0. The van der Waals surface area contributed by atoms with Crippen LogP contribution in [0.2, 0.25) is 0 Å². The number of benzene rings is 2. The molecule has 5 nitrogen and oxygen atoms in total. The van der Waals surface area contributed by atoms with Gasteiger partial charge < -0.3 is 14.2 Å². The zero-order chi connectivity index (χ0) is 25.6. The SMILES string of the molecule is CCCCCCOc1ccccc1C(=O)C1CC1c1cc(C)c(OC(C)(C)C(=O)OCC)c(C)c1. The molecule has 0 spiro atoms. The van der Waals surface area contributed by atoms with Crippen molar-refractivity contribution in [3.05, 3.63) is 58.7 Å². The molecule has 0 N–H and O–H groups in total. The van der Waals surface area contributed by atoms with Crippen LogP contribution in [0.25, 0.3) is 0 Å². The predicted molar refractivity (Wildman–Crippen MR) is 139 cm³/mol. The predicted octanol–water partition coefficient (Wildman–Crippen LogP) is 6.97. The molecular formula is C30H40O5. The third-order valence-corrected chi connectivity index (χ3v) is 6.57. The molecule has 0 aliphatic heterocycles. The molecule has 1 saturated carbocycles. The van der Waals surface area contributed by atoms with Gasteiger partial charge in [0.05, 0.1) is 18.8 Å². The Morgan fingerprint density at radius 2 is 1.69 bits per heavy atom. The second-order valence-corrected chi connectivity index (χ2v) is 10.0. The van der Waals surface area contributed by atoms with E-state index in [-0.39, 0.29) is 23.6 Å². The number of hydrogen-bond donors (Lipinski definition) is 0. The zero-order valence-corrected chi connectivity index (χ0v) is 22.1. The number of hydrogen-bond acceptors (Lipinski definition) is 5. The summed E-state index contributed by atoms with van der Waals surface area (Å²) in [6.07, 6.45) is 5.37. The smallest absolute Gasteiger partial charge is 0.349 e. The average Bonchev–Trinajstić information content (AvgIpc) is 3.62. The van der Waals surface area contributed by atoms with Crippen molar-refractivity contribution in [2.24, 2.45) is 5.92 Å². The van der Waals surface area contributed by atoms with E-state index in [2.05, 4.69) is 19.1 Å². The number of rotatable bonds is 13. The summed E-state index contributed by atoms with van der Waals surface area (Å²) in [6.45, 7) is 12.3. The lowest BCUT2D eigenvalue weighted by atomic mass is 9.98. The van der Waals surface area contributed by atoms with E-state index in [0.717, 1.165) is 36.0 Å². The van der Waals surface area contributed by atoms with Gasteiger partial charge in [-0.3, -0.25) is 4.79 Å². The minimum Gasteiger partial charge on any atom is -0.493 e. The number of aryl methyl sites for hydroxylation is 2. The van der Waals surface area contributed by atoms with Crippen LogP contribution in [0.4, 0.5) is 0 Å². The molecule has 2 aromatic carbocycles. The number of esters is 1. The Morgan fingerprint density at radius 3 is 2.34 bits per heavy atom. The van der Waals surface area contributed by atoms with Crippen molar-refractivity contribution in [2.45, 2.75) is 85.2 Å². The van der Waals surface area contributed by atoms with Gasteiger partial charge in [0.25, 0.3) is 0 Å². The van der Waals surface area contributed by atoms with Crippen molar-refractivity contribution >= 4 is 11.8 Å². The van der Waals surface area contributed by atoms with Gasteiger partial charge >= 0.3 is 5.97 Å². The van der Waals surface area contributed by atoms with Gasteiger partial charge in [-0.2, -0.15) is 0 Å². The third kappa shape index (κ3) is 6.65. The fourth-order valence-electron chi connectivity index (χ4n) is 4.52. The highest BCUT2D eigenvalue weighted by Crippen LogP contribution is 2.51. The van der Waals surface area contributed by atoms with Crippen molar-refractivity contribution in [2.75, 3.05) is 13.2 Å². The lowest BCUT2D eigenvalue weighted by Crippen LogP contribution is -2.40. The number of ketones is 1. The van der Waals surface area contributed by atoms with E-state index in [9.17, 15) is 9.59 Å². The van der Waals surface area contributed by atoms with E-state index in [4.69, 9.17) is 14.2 Å². The van der Waals surface area contributed by atoms with E-state index < -0.39 is 5.60 Å². The van der Waals surface area contributed by atoms with Crippen molar-refractivity contribution in [3.8, 4) is 11.5 Å². The molecule has 0 radical (unpaired) electrons. The molecule has 35 heavy (non-hydrogen) atoms. The van der Waals surface area contributed by atoms with Gasteiger partial charge in [0.2, 0.25) is 0 Å². The lowest BCUT2D eigenvalue weighted by molar-refractivity contribution is -0.158. The maximum Gasteiger partial charge on any atom is 0.349 e. The minimum absolute atomic E-state index is 0.0404. The van der Waals surface area contributed by atoms with Gasteiger partial charge in [-0.15, -0.1) is 0 Å². The lowest BCUT2D eigenvalue weighted by Gasteiger charge is -2.26. The van der Waals surface area contributed by atoms with E-state index in [0.29, 0.717) is 30.3 Å². The van der Waals surface area contributed by atoms with Gasteiger partial charge in [0, 0.05) is 5.92 Å². The van der Waals surface area contributed by atoms with Crippen LogP contribution in [0.1, 0.15) is 92.8 Å². The second kappa shape index (κ2) is 11.7. The Bertz CT molecular complexity index is 1020. The Kier molecular flexibility index (Phi) is 8.98. The molecule has 190 valence electrons. The van der Waals surface area contributed by atoms with E-state index >= 15 is 0 Å². The standard InChI is InChI=1S/C30H40O5/c1-7-9-10-13-16-34-26-15-12-11-14-23(26)27(31)25-19-24(25)22-17-20(3)28(21(4)18-22)35-30(5,6)29(32)33-8-2/h11-12,14-15,17-18,24-25H,7-10,13,16,19H2,1-6H3. The van der Waals surface area contributed by atoms with Crippen LogP contribution in [0.5, 0.6) is 11.5 Å². The zero-order valence-electron chi connectivity index (χ0n) is 22.1. The first kappa shape index (κ1) is 26.8. The topological polar surface area (TPSA) is 61.8 Å². The maximum atomic E-state index is 13.4. The Hall–Kier alpha value is -2.82. The summed E-state index contributed by atoms with van der Waals surface area (Å²) >= 11 is 0. The molecule has 3 rings (SSSR count). The van der Waals surface area contributed by atoms with Crippen molar-refractivity contribution in [1.82, 2.24) is 0 Å². The molecule has 1 aliphatic carbocycles. The maximum absolute atomic E-state index is 13.4. The highest BCUT2D eigenvalue weighted by Gasteiger charge is 2.45. The molecule has 0 aromatic heterocycles. The highest BCUT2D eigenvalue weighted by atomic mass is 16.6. The summed E-state index contributed by atoms with van der Waals surface area (Å²) in [5.74, 6) is 1.29. The van der Waals surface area contributed by atoms with Gasteiger partial charge in [0.15, 0.2) is 11.4 Å². The fourth-order valence-corrected chi connectivity index (χ4v) is 4.52. The first-order valence-electron chi connectivity index (χ1n) is 12.9. The van der Waals surface area contributed by atoms with E-state index in [1.807, 2.05) is 38.1 Å². The number of ether oxygens (including phenoxy) is 3. The van der Waals surface area contributed by atoms with Gasteiger partial charge in [-0.1, -0.05) is 50.5 Å². The molecule has 0 saturated heterocycles. The summed E-state index contributed by atoms with van der Waals surface area (Å²) in [6, 6.07) is 11.8. The highest BCUT2D eigenvalue weighted by molar-refractivity contribution is 6.02. The van der Waals surface area contributed by atoms with Crippen LogP contribution < -0.4 is 9.47 Å². The number of carbonyl (C=O) groups is 2. The normalized spacial score (nSPS) is 17.1. The largest absolute Gasteiger partial charge is 0.493 e. The molecule has 2 aromatic rings. The number of Topliss-reactive ketones (excluding diaryl/α,β-unsaturated/α-hetero) is 1. The van der Waals surface area contributed by atoms with Crippen molar-refractivity contribution in [1.29, 1.82) is 0 Å². The third-order valence-electron chi connectivity index (χ3n) is 6.57. The summed E-state index contributed by atoms with van der Waals surface area (Å²) in [4.78, 5) is 25.6. The first-order chi connectivity index (χ1) is 16.7. The Balaban J connectivity index is 1.69. The molecule has 1 aliphatic rings. The monoisotopic (exact) mass is 480 g/mol. The Morgan fingerprint density at radius 1 is 1.00 bits per heavy atom. The van der Waals surface area contributed by atoms with E-state index in [1.165, 1.54) is 12.8 Å². The van der Waals surface area contributed by atoms with E-state index in [1.54, 1.807) is 20.8 Å². The fraction of sp³-hybridized carbons (Fsp3) is 0.533.